The third kappa shape index (κ3) is 3.00. The third-order valence-electron chi connectivity index (χ3n) is 3.01. The van der Waals surface area contributed by atoms with Crippen LogP contribution in [0.2, 0.25) is 0 Å². The molecule has 0 bridgehead atoms. The molecule has 0 aliphatic rings. The number of nitrogens with zero attached hydrogens (tertiary/aromatic N) is 1. The summed E-state index contributed by atoms with van der Waals surface area (Å²) in [5.41, 5.74) is 7.96. The molecule has 1 unspecified atom stereocenters. The number of hydrogen-bond acceptors (Lipinski definition) is 5. The van der Waals surface area contributed by atoms with Crippen LogP contribution >= 0.6 is 11.3 Å². The van der Waals surface area contributed by atoms with E-state index >= 15 is 0 Å². The standard InChI is InChI=1S/C13H18N4O2S/c1-7(2)11-10(14)12(17-16-11)13(19)15-5-9(18)8-3-4-20-6-8/h3-4,6-7,9,18H,5,14H2,1-2H3,(H,15,19)(H,16,17). The van der Waals surface area contributed by atoms with Gasteiger partial charge in [-0.15, -0.1) is 0 Å². The van der Waals surface area contributed by atoms with Crippen LogP contribution in [0, 0.1) is 0 Å². The smallest absolute Gasteiger partial charge is 0.274 e. The van der Waals surface area contributed by atoms with Crippen molar-refractivity contribution in [3.8, 4) is 0 Å². The van der Waals surface area contributed by atoms with Crippen molar-refractivity contribution in [3.63, 3.8) is 0 Å². The highest BCUT2D eigenvalue weighted by Gasteiger charge is 2.19. The summed E-state index contributed by atoms with van der Waals surface area (Å²) in [5, 5.41) is 23.0. The summed E-state index contributed by atoms with van der Waals surface area (Å²) < 4.78 is 0. The first kappa shape index (κ1) is 14.5. The molecule has 0 saturated heterocycles. The number of anilines is 1. The maximum atomic E-state index is 12.0. The highest BCUT2D eigenvalue weighted by molar-refractivity contribution is 7.07. The molecule has 0 radical (unpaired) electrons. The SMILES string of the molecule is CC(C)c1[nH]nc(C(=O)NCC(O)c2ccsc2)c1N. The lowest BCUT2D eigenvalue weighted by atomic mass is 10.1. The molecule has 0 saturated carbocycles. The van der Waals surface area contributed by atoms with Crippen LogP contribution in [0.1, 0.15) is 47.6 Å². The van der Waals surface area contributed by atoms with E-state index in [1.807, 2.05) is 30.7 Å². The van der Waals surface area contributed by atoms with Gasteiger partial charge in [0.25, 0.3) is 5.91 Å². The second kappa shape index (κ2) is 6.06. The predicted molar refractivity (Wildman–Crippen MR) is 78.7 cm³/mol. The number of nitrogen functional groups attached to an aromatic ring is 1. The summed E-state index contributed by atoms with van der Waals surface area (Å²) in [6, 6.07) is 1.82. The summed E-state index contributed by atoms with van der Waals surface area (Å²) >= 11 is 1.50. The number of aromatic nitrogens is 2. The number of carbonyl (C=O) groups is 1. The van der Waals surface area contributed by atoms with Gasteiger partial charge in [0.05, 0.1) is 17.5 Å². The number of aliphatic hydroxyl groups excluding tert-OH is 1. The van der Waals surface area contributed by atoms with Crippen molar-refractivity contribution in [1.82, 2.24) is 15.5 Å². The predicted octanol–water partition coefficient (Wildman–Crippen LogP) is 1.64. The average Bonchev–Trinajstić information content (AvgIpc) is 3.04. The molecule has 7 heteroatoms. The van der Waals surface area contributed by atoms with Crippen LogP contribution in [-0.4, -0.2) is 27.8 Å². The van der Waals surface area contributed by atoms with Crippen LogP contribution in [0.25, 0.3) is 0 Å². The quantitative estimate of drug-likeness (QED) is 0.673. The molecule has 0 aliphatic carbocycles. The van der Waals surface area contributed by atoms with Gasteiger partial charge in [-0.25, -0.2) is 0 Å². The van der Waals surface area contributed by atoms with Crippen LogP contribution < -0.4 is 11.1 Å². The second-order valence-corrected chi connectivity index (χ2v) is 5.62. The fraction of sp³-hybridized carbons (Fsp3) is 0.385. The number of H-pyrrole nitrogens is 1. The number of thiophene rings is 1. The Morgan fingerprint density at radius 1 is 1.60 bits per heavy atom. The molecule has 1 atom stereocenters. The van der Waals surface area contributed by atoms with Crippen molar-refractivity contribution in [3.05, 3.63) is 33.8 Å². The fourth-order valence-electron chi connectivity index (χ4n) is 1.83. The molecule has 0 fully saturated rings. The molecule has 0 aliphatic heterocycles. The molecule has 0 spiro atoms. The van der Waals surface area contributed by atoms with Crippen LogP contribution in [0.3, 0.4) is 0 Å². The van der Waals surface area contributed by atoms with E-state index in [-0.39, 0.29) is 24.1 Å². The molecule has 108 valence electrons. The van der Waals surface area contributed by atoms with E-state index in [1.54, 1.807) is 0 Å². The van der Waals surface area contributed by atoms with E-state index < -0.39 is 6.10 Å². The van der Waals surface area contributed by atoms with Crippen molar-refractivity contribution in [1.29, 1.82) is 0 Å². The number of nitrogens with two attached hydrogens (primary N) is 1. The summed E-state index contributed by atoms with van der Waals surface area (Å²) in [4.78, 5) is 12.0. The molecule has 2 aromatic rings. The van der Waals surface area contributed by atoms with Crippen molar-refractivity contribution in [2.75, 3.05) is 12.3 Å². The van der Waals surface area contributed by atoms with Crippen molar-refractivity contribution >= 4 is 22.9 Å². The van der Waals surface area contributed by atoms with Crippen LogP contribution in [0.4, 0.5) is 5.69 Å². The molecule has 0 aromatic carbocycles. The number of amides is 1. The highest BCUT2D eigenvalue weighted by atomic mass is 32.1. The highest BCUT2D eigenvalue weighted by Crippen LogP contribution is 2.22. The van der Waals surface area contributed by atoms with Gasteiger partial charge < -0.3 is 16.2 Å². The first-order valence-corrected chi connectivity index (χ1v) is 7.27. The topological polar surface area (TPSA) is 104 Å². The summed E-state index contributed by atoms with van der Waals surface area (Å²) in [6.45, 7) is 4.05. The van der Waals surface area contributed by atoms with E-state index in [1.165, 1.54) is 11.3 Å². The van der Waals surface area contributed by atoms with Gasteiger partial charge in [0.15, 0.2) is 5.69 Å². The maximum absolute atomic E-state index is 12.0. The Labute approximate surface area is 121 Å². The number of nitrogens with one attached hydrogen (secondary N) is 2. The zero-order chi connectivity index (χ0) is 14.7. The third-order valence-corrected chi connectivity index (χ3v) is 3.71. The lowest BCUT2D eigenvalue weighted by molar-refractivity contribution is 0.0912. The van der Waals surface area contributed by atoms with Gasteiger partial charge in [0.1, 0.15) is 0 Å². The molecule has 5 N–H and O–H groups in total. The van der Waals surface area contributed by atoms with Gasteiger partial charge in [-0.1, -0.05) is 13.8 Å². The zero-order valence-corrected chi connectivity index (χ0v) is 12.2. The van der Waals surface area contributed by atoms with Crippen LogP contribution in [0.15, 0.2) is 16.8 Å². The zero-order valence-electron chi connectivity index (χ0n) is 11.4. The molecule has 20 heavy (non-hydrogen) atoms. The molecular weight excluding hydrogens is 276 g/mol. The van der Waals surface area contributed by atoms with Gasteiger partial charge in [-0.3, -0.25) is 9.89 Å². The second-order valence-electron chi connectivity index (χ2n) is 4.84. The molecule has 2 aromatic heterocycles. The van der Waals surface area contributed by atoms with E-state index in [4.69, 9.17) is 5.73 Å². The van der Waals surface area contributed by atoms with Crippen molar-refractivity contribution in [2.45, 2.75) is 25.9 Å². The van der Waals surface area contributed by atoms with E-state index in [2.05, 4.69) is 15.5 Å². The Morgan fingerprint density at radius 2 is 2.35 bits per heavy atom. The van der Waals surface area contributed by atoms with E-state index in [0.29, 0.717) is 5.69 Å². The minimum atomic E-state index is -0.727. The Bertz CT molecular complexity index is 577. The Balaban J connectivity index is 1.99. The first-order valence-electron chi connectivity index (χ1n) is 6.32. The van der Waals surface area contributed by atoms with Gasteiger partial charge in [0.2, 0.25) is 0 Å². The van der Waals surface area contributed by atoms with Crippen molar-refractivity contribution < 1.29 is 9.90 Å². The van der Waals surface area contributed by atoms with Crippen LogP contribution in [-0.2, 0) is 0 Å². The largest absolute Gasteiger partial charge is 0.395 e. The molecular formula is C13H18N4O2S. The number of carbonyl (C=O) groups excluding carboxylic acids is 1. The summed E-state index contributed by atoms with van der Waals surface area (Å²) in [6.07, 6.45) is -0.727. The molecule has 2 heterocycles. The number of hydrogen-bond donors (Lipinski definition) is 4. The van der Waals surface area contributed by atoms with Crippen LogP contribution in [0.5, 0.6) is 0 Å². The lowest BCUT2D eigenvalue weighted by Gasteiger charge is -2.10. The van der Waals surface area contributed by atoms with E-state index in [9.17, 15) is 9.90 Å². The Kier molecular flexibility index (Phi) is 4.41. The number of aromatic amines is 1. The molecule has 1 amide bonds. The molecule has 2 rings (SSSR count). The molecule has 6 nitrogen and oxygen atoms in total. The fourth-order valence-corrected chi connectivity index (χ4v) is 2.54. The minimum Gasteiger partial charge on any atom is -0.395 e. The Morgan fingerprint density at radius 3 is 2.90 bits per heavy atom. The average molecular weight is 294 g/mol. The van der Waals surface area contributed by atoms with Gasteiger partial charge in [0, 0.05) is 6.54 Å². The van der Waals surface area contributed by atoms with Gasteiger partial charge >= 0.3 is 0 Å². The summed E-state index contributed by atoms with van der Waals surface area (Å²) in [7, 11) is 0. The van der Waals surface area contributed by atoms with E-state index in [0.717, 1.165) is 11.3 Å². The van der Waals surface area contributed by atoms with Crippen molar-refractivity contribution in [2.24, 2.45) is 0 Å². The van der Waals surface area contributed by atoms with Gasteiger partial charge in [-0.05, 0) is 28.3 Å². The van der Waals surface area contributed by atoms with Gasteiger partial charge in [-0.2, -0.15) is 16.4 Å². The maximum Gasteiger partial charge on any atom is 0.274 e. The minimum absolute atomic E-state index is 0.124. The monoisotopic (exact) mass is 294 g/mol. The number of aliphatic hydroxyl groups is 1. The number of rotatable bonds is 5. The first-order chi connectivity index (χ1) is 9.50. The summed E-state index contributed by atoms with van der Waals surface area (Å²) in [5.74, 6) is -0.222. The lowest BCUT2D eigenvalue weighted by Crippen LogP contribution is -2.29. The normalized spacial score (nSPS) is 12.6. The Hall–Kier alpha value is -1.86.